The van der Waals surface area contributed by atoms with Gasteiger partial charge in [-0.3, -0.25) is 19.2 Å². The SMILES string of the molecule is CC(N)C(=O)NC(CCC(N)=O)C(=O)NC(CCCCN)C(=O)NC(Cc1c[nH]c2ccccc12)C(=O)O. The van der Waals surface area contributed by atoms with Crippen LogP contribution >= 0.6 is 0 Å². The maximum atomic E-state index is 13.2. The van der Waals surface area contributed by atoms with Crippen molar-refractivity contribution in [3.63, 3.8) is 0 Å². The number of primary amides is 1. The lowest BCUT2D eigenvalue weighted by atomic mass is 10.0. The number of nitrogens with two attached hydrogens (primary N) is 3. The third kappa shape index (κ3) is 9.16. The average Bonchev–Trinajstić information content (AvgIpc) is 3.27. The van der Waals surface area contributed by atoms with Crippen LogP contribution in [0.4, 0.5) is 0 Å². The molecule has 11 N–H and O–H groups in total. The molecule has 4 atom stereocenters. The first-order valence-electron chi connectivity index (χ1n) is 12.5. The summed E-state index contributed by atoms with van der Waals surface area (Å²) >= 11 is 0. The normalized spacial score (nSPS) is 14.2. The monoisotopic (exact) mass is 531 g/mol. The van der Waals surface area contributed by atoms with Crippen molar-refractivity contribution in [3.8, 4) is 0 Å². The van der Waals surface area contributed by atoms with Crippen LogP contribution in [-0.2, 0) is 30.4 Å². The van der Waals surface area contributed by atoms with Gasteiger partial charge in [0, 0.05) is 29.9 Å². The maximum Gasteiger partial charge on any atom is 0.326 e. The fourth-order valence-corrected chi connectivity index (χ4v) is 3.89. The number of carboxylic acid groups (broad SMARTS) is 1. The highest BCUT2D eigenvalue weighted by atomic mass is 16.4. The van der Waals surface area contributed by atoms with E-state index in [0.717, 1.165) is 10.9 Å². The van der Waals surface area contributed by atoms with Gasteiger partial charge in [0.15, 0.2) is 0 Å². The number of fused-ring (bicyclic) bond motifs is 1. The lowest BCUT2D eigenvalue weighted by molar-refractivity contribution is -0.142. The number of nitrogens with one attached hydrogen (secondary N) is 4. The van der Waals surface area contributed by atoms with Crippen LogP contribution in [0, 0.1) is 0 Å². The van der Waals surface area contributed by atoms with Crippen molar-refractivity contribution < 1.29 is 29.1 Å². The lowest BCUT2D eigenvalue weighted by Crippen LogP contribution is -2.57. The van der Waals surface area contributed by atoms with Crippen LogP contribution in [0.3, 0.4) is 0 Å². The van der Waals surface area contributed by atoms with E-state index in [1.54, 1.807) is 6.20 Å². The Morgan fingerprint density at radius 2 is 1.53 bits per heavy atom. The smallest absolute Gasteiger partial charge is 0.326 e. The molecule has 2 aromatic rings. The first-order valence-corrected chi connectivity index (χ1v) is 12.5. The minimum Gasteiger partial charge on any atom is -0.480 e. The van der Waals surface area contributed by atoms with E-state index in [0.29, 0.717) is 24.9 Å². The molecule has 0 radical (unpaired) electrons. The number of carbonyl (C=O) groups excluding carboxylic acids is 4. The average molecular weight is 532 g/mol. The number of benzene rings is 1. The van der Waals surface area contributed by atoms with Gasteiger partial charge >= 0.3 is 5.97 Å². The number of carboxylic acids is 1. The van der Waals surface area contributed by atoms with E-state index in [1.165, 1.54) is 6.92 Å². The second-order valence-electron chi connectivity index (χ2n) is 9.16. The summed E-state index contributed by atoms with van der Waals surface area (Å²) in [7, 11) is 0. The molecular formula is C25H37N7O6. The molecule has 0 fully saturated rings. The van der Waals surface area contributed by atoms with Crippen molar-refractivity contribution in [1.29, 1.82) is 0 Å². The fraction of sp³-hybridized carbons (Fsp3) is 0.480. The Morgan fingerprint density at radius 3 is 2.13 bits per heavy atom. The van der Waals surface area contributed by atoms with Crippen LogP contribution in [0.5, 0.6) is 0 Å². The zero-order valence-corrected chi connectivity index (χ0v) is 21.4. The molecule has 0 aliphatic rings. The number of hydrogen-bond acceptors (Lipinski definition) is 7. The van der Waals surface area contributed by atoms with E-state index in [9.17, 15) is 29.1 Å². The van der Waals surface area contributed by atoms with Crippen LogP contribution < -0.4 is 33.2 Å². The Labute approximate surface area is 220 Å². The van der Waals surface area contributed by atoms with Crippen molar-refractivity contribution in [2.24, 2.45) is 17.2 Å². The summed E-state index contributed by atoms with van der Waals surface area (Å²) in [5.41, 5.74) is 17.9. The van der Waals surface area contributed by atoms with Crippen molar-refractivity contribution in [2.45, 2.75) is 69.6 Å². The number of aromatic nitrogens is 1. The topological polar surface area (TPSA) is 236 Å². The van der Waals surface area contributed by atoms with Gasteiger partial charge in [0.2, 0.25) is 23.6 Å². The van der Waals surface area contributed by atoms with Gasteiger partial charge < -0.3 is 43.2 Å². The number of unbranched alkanes of at least 4 members (excludes halogenated alkanes) is 1. The largest absolute Gasteiger partial charge is 0.480 e. The van der Waals surface area contributed by atoms with E-state index in [2.05, 4.69) is 20.9 Å². The van der Waals surface area contributed by atoms with Crippen molar-refractivity contribution >= 4 is 40.5 Å². The fourth-order valence-electron chi connectivity index (χ4n) is 3.89. The summed E-state index contributed by atoms with van der Waals surface area (Å²) in [6, 6.07) is 2.92. The zero-order chi connectivity index (χ0) is 28.2. The third-order valence-corrected chi connectivity index (χ3v) is 6.02. The van der Waals surface area contributed by atoms with Crippen LogP contribution in [0.2, 0.25) is 0 Å². The van der Waals surface area contributed by atoms with Crippen molar-refractivity contribution in [1.82, 2.24) is 20.9 Å². The van der Waals surface area contributed by atoms with Crippen LogP contribution in [0.15, 0.2) is 30.5 Å². The highest BCUT2D eigenvalue weighted by molar-refractivity contribution is 5.94. The maximum absolute atomic E-state index is 13.2. The lowest BCUT2D eigenvalue weighted by Gasteiger charge is -2.25. The highest BCUT2D eigenvalue weighted by Gasteiger charge is 2.30. The number of hydrogen-bond donors (Lipinski definition) is 8. The number of rotatable bonds is 16. The first-order chi connectivity index (χ1) is 18.0. The Bertz CT molecular complexity index is 1130. The molecule has 1 aromatic carbocycles. The highest BCUT2D eigenvalue weighted by Crippen LogP contribution is 2.19. The summed E-state index contributed by atoms with van der Waals surface area (Å²) in [5, 5.41) is 18.2. The number of amides is 4. The third-order valence-electron chi connectivity index (χ3n) is 6.02. The molecule has 13 heteroatoms. The zero-order valence-electron chi connectivity index (χ0n) is 21.4. The van der Waals surface area contributed by atoms with Gasteiger partial charge in [-0.25, -0.2) is 4.79 Å². The van der Waals surface area contributed by atoms with Gasteiger partial charge in [0.05, 0.1) is 6.04 Å². The number of aromatic amines is 1. The summed E-state index contributed by atoms with van der Waals surface area (Å²) in [6.45, 7) is 1.80. The standard InChI is InChI=1S/C25H37N7O6/c1-14(27)22(34)30-19(9-10-21(28)33)24(36)31-18(8-4-5-11-26)23(35)32-20(25(37)38)12-15-13-29-17-7-3-2-6-16(15)17/h2-3,6-7,13-14,18-20,29H,4-5,8-12,26-27H2,1H3,(H2,28,33)(H,30,34)(H,31,36)(H,32,35)(H,37,38). The molecule has 1 heterocycles. The van der Waals surface area contributed by atoms with Crippen LogP contribution in [0.1, 0.15) is 44.6 Å². The van der Waals surface area contributed by atoms with E-state index in [1.807, 2.05) is 24.3 Å². The molecule has 2 rings (SSSR count). The van der Waals surface area contributed by atoms with E-state index in [-0.39, 0.29) is 25.7 Å². The first kappa shape index (κ1) is 30.3. The summed E-state index contributed by atoms with van der Waals surface area (Å²) in [4.78, 5) is 64.7. The molecule has 0 saturated carbocycles. The molecule has 4 unspecified atom stereocenters. The molecular weight excluding hydrogens is 494 g/mol. The van der Waals surface area contributed by atoms with Gasteiger partial charge in [-0.1, -0.05) is 18.2 Å². The molecule has 38 heavy (non-hydrogen) atoms. The number of carbonyl (C=O) groups is 5. The van der Waals surface area contributed by atoms with Crippen molar-refractivity contribution in [3.05, 3.63) is 36.0 Å². The predicted octanol–water partition coefficient (Wildman–Crippen LogP) is -1.01. The van der Waals surface area contributed by atoms with Gasteiger partial charge in [-0.2, -0.15) is 0 Å². The number of para-hydroxylation sites is 1. The van der Waals surface area contributed by atoms with Gasteiger partial charge in [0.1, 0.15) is 18.1 Å². The van der Waals surface area contributed by atoms with Crippen molar-refractivity contribution in [2.75, 3.05) is 6.54 Å². The Hall–Kier alpha value is -3.97. The van der Waals surface area contributed by atoms with Gasteiger partial charge in [0.25, 0.3) is 0 Å². The van der Waals surface area contributed by atoms with Gasteiger partial charge in [-0.05, 0) is 50.8 Å². The molecule has 0 aliphatic heterocycles. The Morgan fingerprint density at radius 1 is 0.921 bits per heavy atom. The van der Waals surface area contributed by atoms with Gasteiger partial charge in [-0.15, -0.1) is 0 Å². The Kier molecular flexibility index (Phi) is 11.7. The van der Waals surface area contributed by atoms with E-state index < -0.39 is 53.8 Å². The number of aliphatic carboxylic acids is 1. The minimum absolute atomic E-state index is 0.0141. The van der Waals surface area contributed by atoms with E-state index in [4.69, 9.17) is 17.2 Å². The van der Waals surface area contributed by atoms with Crippen LogP contribution in [-0.4, -0.2) is 70.4 Å². The van der Waals surface area contributed by atoms with Crippen LogP contribution in [0.25, 0.3) is 10.9 Å². The molecule has 0 aliphatic carbocycles. The predicted molar refractivity (Wildman–Crippen MR) is 140 cm³/mol. The summed E-state index contributed by atoms with van der Waals surface area (Å²) in [6.07, 6.45) is 2.65. The van der Waals surface area contributed by atoms with E-state index >= 15 is 0 Å². The summed E-state index contributed by atoms with van der Waals surface area (Å²) in [5.74, 6) is -3.95. The molecule has 0 saturated heterocycles. The molecule has 4 amide bonds. The number of H-pyrrole nitrogens is 1. The minimum atomic E-state index is -1.26. The molecule has 0 spiro atoms. The molecule has 208 valence electrons. The second-order valence-corrected chi connectivity index (χ2v) is 9.16. The molecule has 0 bridgehead atoms. The Balaban J connectivity index is 2.18. The molecule has 13 nitrogen and oxygen atoms in total. The molecule has 1 aromatic heterocycles. The quantitative estimate of drug-likeness (QED) is 0.125. The second kappa shape index (κ2) is 14.7. The summed E-state index contributed by atoms with van der Waals surface area (Å²) < 4.78 is 0.